The summed E-state index contributed by atoms with van der Waals surface area (Å²) in [6.45, 7) is 0.0815. The van der Waals surface area contributed by atoms with Gasteiger partial charge in [-0.1, -0.05) is 30.3 Å². The zero-order valence-corrected chi connectivity index (χ0v) is 20.8. The highest BCUT2D eigenvalue weighted by Crippen LogP contribution is 2.31. The molecular formula is C25H21F2N5O3S2. The van der Waals surface area contributed by atoms with Gasteiger partial charge >= 0.3 is 0 Å². The fraction of sp³-hybridized carbons (Fsp3) is 0.120. The highest BCUT2D eigenvalue weighted by molar-refractivity contribution is 7.10. The summed E-state index contributed by atoms with van der Waals surface area (Å²) in [4.78, 5) is 41.0. The van der Waals surface area contributed by atoms with E-state index in [-0.39, 0.29) is 29.3 Å². The SMILES string of the molecule is NC(=O)c1nsc(C(=O)N(Cc2cccs2)[C@H](C(=O)NCc2ccc(F)cc2)c2ccc(F)cc2)c1N. The van der Waals surface area contributed by atoms with Crippen LogP contribution in [-0.4, -0.2) is 27.0 Å². The molecule has 12 heteroatoms. The Kier molecular flexibility index (Phi) is 7.89. The van der Waals surface area contributed by atoms with Gasteiger partial charge in [-0.3, -0.25) is 14.4 Å². The molecule has 190 valence electrons. The molecule has 0 fully saturated rings. The van der Waals surface area contributed by atoms with Crippen molar-refractivity contribution in [3.8, 4) is 0 Å². The second-order valence-electron chi connectivity index (χ2n) is 7.95. The van der Waals surface area contributed by atoms with Crippen LogP contribution in [0, 0.1) is 11.6 Å². The molecule has 0 radical (unpaired) electrons. The van der Waals surface area contributed by atoms with Crippen LogP contribution in [0.3, 0.4) is 0 Å². The second kappa shape index (κ2) is 11.3. The number of carbonyl (C=O) groups excluding carboxylic acids is 3. The summed E-state index contributed by atoms with van der Waals surface area (Å²) in [5, 5.41) is 4.60. The molecule has 3 amide bonds. The highest BCUT2D eigenvalue weighted by Gasteiger charge is 2.35. The van der Waals surface area contributed by atoms with Gasteiger partial charge in [0.1, 0.15) is 22.6 Å². The van der Waals surface area contributed by atoms with Gasteiger partial charge < -0.3 is 21.7 Å². The number of benzene rings is 2. The zero-order chi connectivity index (χ0) is 26.5. The third kappa shape index (κ3) is 5.98. The highest BCUT2D eigenvalue weighted by atomic mass is 32.1. The molecule has 2 aromatic carbocycles. The van der Waals surface area contributed by atoms with Gasteiger partial charge in [-0.15, -0.1) is 11.3 Å². The maximum Gasteiger partial charge on any atom is 0.270 e. The molecular weight excluding hydrogens is 520 g/mol. The summed E-state index contributed by atoms with van der Waals surface area (Å²) >= 11 is 2.08. The molecule has 2 heterocycles. The molecule has 4 aromatic rings. The third-order valence-corrected chi connectivity index (χ3v) is 7.16. The number of thiophene rings is 1. The van der Waals surface area contributed by atoms with E-state index in [0.717, 1.165) is 4.88 Å². The van der Waals surface area contributed by atoms with E-state index in [1.54, 1.807) is 12.1 Å². The molecule has 0 unspecified atom stereocenters. The van der Waals surface area contributed by atoms with Crippen molar-refractivity contribution in [1.29, 1.82) is 0 Å². The van der Waals surface area contributed by atoms with Gasteiger partial charge in [-0.25, -0.2) is 8.78 Å². The summed E-state index contributed by atoms with van der Waals surface area (Å²) in [5.74, 6) is -3.02. The van der Waals surface area contributed by atoms with E-state index in [9.17, 15) is 23.2 Å². The molecule has 0 aliphatic rings. The molecule has 37 heavy (non-hydrogen) atoms. The first-order valence-corrected chi connectivity index (χ1v) is 12.6. The molecule has 1 atom stereocenters. The molecule has 8 nitrogen and oxygen atoms in total. The first-order chi connectivity index (χ1) is 17.7. The van der Waals surface area contributed by atoms with Crippen LogP contribution >= 0.6 is 22.9 Å². The quantitative estimate of drug-likeness (QED) is 0.296. The summed E-state index contributed by atoms with van der Waals surface area (Å²) in [6, 6.07) is 13.2. The average molecular weight is 542 g/mol. The Hall–Kier alpha value is -4.16. The van der Waals surface area contributed by atoms with Crippen molar-refractivity contribution < 1.29 is 23.2 Å². The lowest BCUT2D eigenvalue weighted by Gasteiger charge is -2.31. The number of nitrogen functional groups attached to an aromatic ring is 1. The minimum Gasteiger partial charge on any atom is -0.395 e. The van der Waals surface area contributed by atoms with E-state index in [4.69, 9.17) is 11.5 Å². The van der Waals surface area contributed by atoms with Crippen LogP contribution in [0.2, 0.25) is 0 Å². The number of aromatic nitrogens is 1. The number of amides is 3. The molecule has 0 bridgehead atoms. The van der Waals surface area contributed by atoms with E-state index < -0.39 is 35.4 Å². The standard InChI is InChI=1S/C25H21F2N5O3S2/c26-16-7-3-14(4-8-16)12-30-24(34)21(15-5-9-17(27)10-6-15)32(13-18-2-1-11-36-18)25(35)22-19(28)20(23(29)33)31-37-22/h1-11,21H,12-13,28H2,(H2,29,33)(H,30,34)/t21-/m0/s1. The van der Waals surface area contributed by atoms with Gasteiger partial charge in [-0.2, -0.15) is 4.37 Å². The fourth-order valence-electron chi connectivity index (χ4n) is 3.62. The number of nitrogens with zero attached hydrogens (tertiary/aromatic N) is 2. The number of anilines is 1. The number of halogens is 2. The third-order valence-electron chi connectivity index (χ3n) is 5.45. The lowest BCUT2D eigenvalue weighted by atomic mass is 10.0. The van der Waals surface area contributed by atoms with Gasteiger partial charge in [0.25, 0.3) is 11.8 Å². The summed E-state index contributed by atoms with van der Waals surface area (Å²) in [6.07, 6.45) is 0. The Bertz CT molecular complexity index is 1410. The van der Waals surface area contributed by atoms with Crippen LogP contribution in [0.4, 0.5) is 14.5 Å². The second-order valence-corrected chi connectivity index (χ2v) is 9.75. The van der Waals surface area contributed by atoms with Crippen LogP contribution in [0.5, 0.6) is 0 Å². The molecule has 2 aromatic heterocycles. The fourth-order valence-corrected chi connectivity index (χ4v) is 5.08. The lowest BCUT2D eigenvalue weighted by molar-refractivity contribution is -0.126. The lowest BCUT2D eigenvalue weighted by Crippen LogP contribution is -2.43. The molecule has 0 spiro atoms. The number of rotatable bonds is 9. The smallest absolute Gasteiger partial charge is 0.270 e. The van der Waals surface area contributed by atoms with Crippen LogP contribution in [-0.2, 0) is 17.9 Å². The minimum absolute atomic E-state index is 0.0196. The van der Waals surface area contributed by atoms with Gasteiger partial charge in [0.2, 0.25) is 5.91 Å². The van der Waals surface area contributed by atoms with Gasteiger partial charge in [0, 0.05) is 11.4 Å². The Morgan fingerprint density at radius 2 is 1.65 bits per heavy atom. The normalized spacial score (nSPS) is 11.6. The largest absolute Gasteiger partial charge is 0.395 e. The Labute approximate surface area is 218 Å². The summed E-state index contributed by atoms with van der Waals surface area (Å²) in [7, 11) is 0. The first-order valence-electron chi connectivity index (χ1n) is 10.9. The van der Waals surface area contributed by atoms with Crippen molar-refractivity contribution in [2.24, 2.45) is 5.73 Å². The molecule has 4 rings (SSSR count). The zero-order valence-electron chi connectivity index (χ0n) is 19.2. The van der Waals surface area contributed by atoms with Crippen LogP contribution in [0.25, 0.3) is 0 Å². The maximum absolute atomic E-state index is 13.8. The van der Waals surface area contributed by atoms with E-state index in [0.29, 0.717) is 22.7 Å². The van der Waals surface area contributed by atoms with Gasteiger partial charge in [0.15, 0.2) is 5.69 Å². The number of hydrogen-bond acceptors (Lipinski definition) is 7. The van der Waals surface area contributed by atoms with Crippen molar-refractivity contribution in [3.63, 3.8) is 0 Å². The summed E-state index contributed by atoms with van der Waals surface area (Å²) in [5.41, 5.74) is 11.9. The maximum atomic E-state index is 13.8. The van der Waals surface area contributed by atoms with Crippen molar-refractivity contribution in [3.05, 3.63) is 104 Å². The van der Waals surface area contributed by atoms with Crippen molar-refractivity contribution >= 4 is 46.3 Å². The topological polar surface area (TPSA) is 131 Å². The number of nitrogens with two attached hydrogens (primary N) is 2. The monoisotopic (exact) mass is 541 g/mol. The van der Waals surface area contributed by atoms with Crippen molar-refractivity contribution in [2.75, 3.05) is 5.73 Å². The predicted molar refractivity (Wildman–Crippen MR) is 137 cm³/mol. The number of carbonyl (C=O) groups is 3. The van der Waals surface area contributed by atoms with Gasteiger partial charge in [0.05, 0.1) is 12.2 Å². The van der Waals surface area contributed by atoms with Crippen LogP contribution < -0.4 is 16.8 Å². The number of hydrogen-bond donors (Lipinski definition) is 3. The Morgan fingerprint density at radius 3 is 2.22 bits per heavy atom. The van der Waals surface area contributed by atoms with E-state index >= 15 is 0 Å². The summed E-state index contributed by atoms with van der Waals surface area (Å²) < 4.78 is 30.9. The van der Waals surface area contributed by atoms with Crippen LogP contribution in [0.15, 0.2) is 66.0 Å². The van der Waals surface area contributed by atoms with Crippen molar-refractivity contribution in [1.82, 2.24) is 14.6 Å². The predicted octanol–water partition coefficient (Wildman–Crippen LogP) is 3.86. The number of primary amides is 1. The molecule has 0 aliphatic carbocycles. The molecule has 0 saturated carbocycles. The molecule has 5 N–H and O–H groups in total. The van der Waals surface area contributed by atoms with E-state index in [1.807, 2.05) is 5.38 Å². The molecule has 0 saturated heterocycles. The minimum atomic E-state index is -1.20. The van der Waals surface area contributed by atoms with Gasteiger partial charge in [-0.05, 0) is 58.4 Å². The molecule has 0 aliphatic heterocycles. The van der Waals surface area contributed by atoms with Crippen LogP contribution in [0.1, 0.15) is 42.2 Å². The Morgan fingerprint density at radius 1 is 1.00 bits per heavy atom. The first kappa shape index (κ1) is 25.9. The van der Waals surface area contributed by atoms with E-state index in [2.05, 4.69) is 9.69 Å². The Balaban J connectivity index is 1.74. The number of nitrogens with one attached hydrogen (secondary N) is 1. The van der Waals surface area contributed by atoms with E-state index in [1.165, 1.54) is 64.8 Å². The average Bonchev–Trinajstić information content (AvgIpc) is 3.53. The van der Waals surface area contributed by atoms with Crippen molar-refractivity contribution in [2.45, 2.75) is 19.1 Å².